The molecule has 1 aromatic carbocycles. The molecule has 0 unspecified atom stereocenters. The lowest BCUT2D eigenvalue weighted by Gasteiger charge is -2.06. The fraction of sp³-hybridized carbons (Fsp3) is 0.333. The SMILES string of the molecule is CCn1c(CS(C)(=O)=O)cc2cc(Cl)ccc21. The van der Waals surface area contributed by atoms with Crippen molar-refractivity contribution in [3.05, 3.63) is 35.0 Å². The van der Waals surface area contributed by atoms with E-state index in [2.05, 4.69) is 0 Å². The van der Waals surface area contributed by atoms with Crippen molar-refractivity contribution in [1.29, 1.82) is 0 Å². The van der Waals surface area contributed by atoms with Crippen molar-refractivity contribution in [1.82, 2.24) is 4.57 Å². The van der Waals surface area contributed by atoms with Gasteiger partial charge in [0.25, 0.3) is 0 Å². The zero-order valence-corrected chi connectivity index (χ0v) is 11.3. The molecule has 2 aromatic rings. The molecule has 0 N–H and O–H groups in total. The van der Waals surface area contributed by atoms with Gasteiger partial charge < -0.3 is 4.57 Å². The van der Waals surface area contributed by atoms with E-state index in [1.54, 1.807) is 0 Å². The summed E-state index contributed by atoms with van der Waals surface area (Å²) < 4.78 is 24.8. The van der Waals surface area contributed by atoms with Crippen molar-refractivity contribution >= 4 is 32.3 Å². The molecular formula is C12H14ClNO2S. The Morgan fingerprint density at radius 3 is 2.59 bits per heavy atom. The van der Waals surface area contributed by atoms with Gasteiger partial charge in [0.1, 0.15) is 0 Å². The van der Waals surface area contributed by atoms with E-state index in [4.69, 9.17) is 11.6 Å². The summed E-state index contributed by atoms with van der Waals surface area (Å²) in [5, 5.41) is 1.65. The fourth-order valence-corrected chi connectivity index (χ4v) is 3.02. The molecule has 92 valence electrons. The summed E-state index contributed by atoms with van der Waals surface area (Å²) in [6.07, 6.45) is 1.25. The molecule has 0 saturated heterocycles. The van der Waals surface area contributed by atoms with Crippen molar-refractivity contribution in [3.63, 3.8) is 0 Å². The predicted molar refractivity (Wildman–Crippen MR) is 71.2 cm³/mol. The van der Waals surface area contributed by atoms with Crippen LogP contribution in [0.3, 0.4) is 0 Å². The molecule has 0 amide bonds. The molecular weight excluding hydrogens is 258 g/mol. The Hall–Kier alpha value is -1.00. The summed E-state index contributed by atoms with van der Waals surface area (Å²) in [7, 11) is -3.02. The van der Waals surface area contributed by atoms with Gasteiger partial charge in [-0.1, -0.05) is 11.6 Å². The Labute approximate surface area is 106 Å². The van der Waals surface area contributed by atoms with Gasteiger partial charge in [-0.15, -0.1) is 0 Å². The monoisotopic (exact) mass is 271 g/mol. The number of hydrogen-bond donors (Lipinski definition) is 0. The van der Waals surface area contributed by atoms with Crippen molar-refractivity contribution in [2.45, 2.75) is 19.2 Å². The summed E-state index contributed by atoms with van der Waals surface area (Å²) in [5.74, 6) is 0.0626. The van der Waals surface area contributed by atoms with Crippen LogP contribution in [0.15, 0.2) is 24.3 Å². The third-order valence-corrected chi connectivity index (χ3v) is 3.73. The Morgan fingerprint density at radius 2 is 2.00 bits per heavy atom. The highest BCUT2D eigenvalue weighted by Crippen LogP contribution is 2.24. The smallest absolute Gasteiger partial charge is 0.153 e. The highest BCUT2D eigenvalue weighted by molar-refractivity contribution is 7.89. The van der Waals surface area contributed by atoms with E-state index in [9.17, 15) is 8.42 Å². The first-order valence-corrected chi connectivity index (χ1v) is 7.80. The zero-order valence-electron chi connectivity index (χ0n) is 9.77. The molecule has 0 spiro atoms. The van der Waals surface area contributed by atoms with Crippen LogP contribution in [0.2, 0.25) is 5.02 Å². The van der Waals surface area contributed by atoms with Gasteiger partial charge in [-0.2, -0.15) is 0 Å². The minimum Gasteiger partial charge on any atom is -0.344 e. The lowest BCUT2D eigenvalue weighted by Crippen LogP contribution is -2.07. The van der Waals surface area contributed by atoms with Gasteiger partial charge in [0.15, 0.2) is 9.84 Å². The third kappa shape index (κ3) is 2.64. The minimum atomic E-state index is -3.02. The van der Waals surface area contributed by atoms with Crippen LogP contribution in [0, 0.1) is 0 Å². The van der Waals surface area contributed by atoms with Gasteiger partial charge in [-0.25, -0.2) is 8.42 Å². The van der Waals surface area contributed by atoms with Crippen LogP contribution in [0.5, 0.6) is 0 Å². The molecule has 5 heteroatoms. The number of benzene rings is 1. The average Bonchev–Trinajstić information content (AvgIpc) is 2.51. The lowest BCUT2D eigenvalue weighted by molar-refractivity contribution is 0.598. The molecule has 0 bridgehead atoms. The number of rotatable bonds is 3. The maximum Gasteiger partial charge on any atom is 0.153 e. The van der Waals surface area contributed by atoms with Crippen LogP contribution in [-0.4, -0.2) is 19.2 Å². The van der Waals surface area contributed by atoms with Crippen LogP contribution < -0.4 is 0 Å². The molecule has 1 heterocycles. The summed E-state index contributed by atoms with van der Waals surface area (Å²) >= 11 is 5.93. The lowest BCUT2D eigenvalue weighted by atomic mass is 10.2. The van der Waals surface area contributed by atoms with Crippen molar-refractivity contribution in [3.8, 4) is 0 Å². The van der Waals surface area contributed by atoms with Gasteiger partial charge in [0.2, 0.25) is 0 Å². The number of sulfone groups is 1. The van der Waals surface area contributed by atoms with Crippen LogP contribution in [0.25, 0.3) is 10.9 Å². The van der Waals surface area contributed by atoms with Crippen LogP contribution in [0.1, 0.15) is 12.6 Å². The van der Waals surface area contributed by atoms with Crippen molar-refractivity contribution in [2.24, 2.45) is 0 Å². The number of aromatic nitrogens is 1. The summed E-state index contributed by atoms with van der Waals surface area (Å²) in [6, 6.07) is 7.49. The zero-order chi connectivity index (χ0) is 12.6. The number of fused-ring (bicyclic) bond motifs is 1. The standard InChI is InChI=1S/C12H14ClNO2S/c1-3-14-11(8-17(2,15)16)7-9-6-10(13)4-5-12(9)14/h4-7H,3,8H2,1-2H3. The quantitative estimate of drug-likeness (QED) is 0.861. The molecule has 1 aromatic heterocycles. The Morgan fingerprint density at radius 1 is 1.29 bits per heavy atom. The predicted octanol–water partition coefficient (Wildman–Crippen LogP) is 2.86. The van der Waals surface area contributed by atoms with Crippen LogP contribution in [0.4, 0.5) is 0 Å². The third-order valence-electron chi connectivity index (χ3n) is 2.68. The van der Waals surface area contributed by atoms with Gasteiger partial charge in [0.05, 0.1) is 5.75 Å². The van der Waals surface area contributed by atoms with E-state index in [1.165, 1.54) is 6.26 Å². The highest BCUT2D eigenvalue weighted by atomic mass is 35.5. The van der Waals surface area contributed by atoms with E-state index in [1.807, 2.05) is 35.8 Å². The molecule has 0 aliphatic rings. The van der Waals surface area contributed by atoms with E-state index < -0.39 is 9.84 Å². The molecule has 2 rings (SSSR count). The number of aryl methyl sites for hydroxylation is 1. The van der Waals surface area contributed by atoms with Gasteiger partial charge in [0, 0.05) is 34.4 Å². The second-order valence-corrected chi connectivity index (χ2v) is 6.73. The molecule has 0 saturated carbocycles. The van der Waals surface area contributed by atoms with Gasteiger partial charge >= 0.3 is 0 Å². The summed E-state index contributed by atoms with van der Waals surface area (Å²) in [4.78, 5) is 0. The summed E-state index contributed by atoms with van der Waals surface area (Å²) in [5.41, 5.74) is 1.84. The largest absolute Gasteiger partial charge is 0.344 e. The normalized spacial score (nSPS) is 12.2. The molecule has 0 fully saturated rings. The molecule has 0 atom stereocenters. The fourth-order valence-electron chi connectivity index (χ4n) is 2.06. The Bertz CT molecular complexity index is 658. The highest BCUT2D eigenvalue weighted by Gasteiger charge is 2.12. The van der Waals surface area contributed by atoms with Gasteiger partial charge in [-0.3, -0.25) is 0 Å². The first-order chi connectivity index (χ1) is 7.90. The second kappa shape index (κ2) is 4.35. The maximum absolute atomic E-state index is 11.4. The summed E-state index contributed by atoms with van der Waals surface area (Å²) in [6.45, 7) is 2.75. The van der Waals surface area contributed by atoms with Crippen molar-refractivity contribution < 1.29 is 8.42 Å². The first kappa shape index (κ1) is 12.5. The van der Waals surface area contributed by atoms with E-state index in [-0.39, 0.29) is 5.75 Å². The molecule has 17 heavy (non-hydrogen) atoms. The Kier molecular flexibility index (Phi) is 3.19. The maximum atomic E-state index is 11.4. The van der Waals surface area contributed by atoms with E-state index >= 15 is 0 Å². The molecule has 0 aliphatic carbocycles. The molecule has 3 nitrogen and oxygen atoms in total. The number of nitrogens with zero attached hydrogens (tertiary/aromatic N) is 1. The first-order valence-electron chi connectivity index (χ1n) is 5.36. The minimum absolute atomic E-state index is 0.0626. The van der Waals surface area contributed by atoms with Crippen LogP contribution in [-0.2, 0) is 22.1 Å². The number of halogens is 1. The molecule has 0 aliphatic heterocycles. The Balaban J connectivity index is 2.63. The molecule has 0 radical (unpaired) electrons. The second-order valence-electron chi connectivity index (χ2n) is 4.15. The van der Waals surface area contributed by atoms with Crippen molar-refractivity contribution in [2.75, 3.05) is 6.26 Å². The average molecular weight is 272 g/mol. The van der Waals surface area contributed by atoms with E-state index in [0.29, 0.717) is 5.02 Å². The van der Waals surface area contributed by atoms with Crippen LogP contribution >= 0.6 is 11.6 Å². The van der Waals surface area contributed by atoms with Gasteiger partial charge in [-0.05, 0) is 31.2 Å². The topological polar surface area (TPSA) is 39.1 Å². The number of hydrogen-bond acceptors (Lipinski definition) is 2. The van der Waals surface area contributed by atoms with E-state index in [0.717, 1.165) is 23.1 Å².